The molecule has 2 heterocycles. The van der Waals surface area contributed by atoms with E-state index >= 15 is 0 Å². The number of hydrogen-bond donors (Lipinski definition) is 0. The summed E-state index contributed by atoms with van der Waals surface area (Å²) in [5.41, 5.74) is 1.15. The molecule has 5 nitrogen and oxygen atoms in total. The lowest BCUT2D eigenvalue weighted by molar-refractivity contribution is -0.132. The van der Waals surface area contributed by atoms with Crippen molar-refractivity contribution in [2.45, 2.75) is 58.4 Å². The van der Waals surface area contributed by atoms with Gasteiger partial charge in [0.25, 0.3) is 5.56 Å². The predicted octanol–water partition coefficient (Wildman–Crippen LogP) is 2.99. The van der Waals surface area contributed by atoms with Gasteiger partial charge in [-0.2, -0.15) is 0 Å². The van der Waals surface area contributed by atoms with Gasteiger partial charge < -0.3 is 4.90 Å². The Hall–Kier alpha value is -1.69. The molecule has 0 aromatic carbocycles. The molecule has 0 spiro atoms. The van der Waals surface area contributed by atoms with Crippen LogP contribution >= 0.6 is 11.3 Å². The van der Waals surface area contributed by atoms with Gasteiger partial charge in [0.05, 0.1) is 11.7 Å². The van der Waals surface area contributed by atoms with Crippen LogP contribution in [0.5, 0.6) is 0 Å². The smallest absolute Gasteiger partial charge is 0.262 e. The maximum Gasteiger partial charge on any atom is 0.262 e. The maximum atomic E-state index is 13.0. The molecule has 0 bridgehead atoms. The average Bonchev–Trinajstić information content (AvgIpc) is 3.34. The summed E-state index contributed by atoms with van der Waals surface area (Å²) in [5.74, 6) is 0.706. The average molecular weight is 359 g/mol. The van der Waals surface area contributed by atoms with E-state index in [0.29, 0.717) is 5.92 Å². The highest BCUT2D eigenvalue weighted by Crippen LogP contribution is 2.33. The first kappa shape index (κ1) is 16.8. The fourth-order valence-electron chi connectivity index (χ4n) is 3.74. The van der Waals surface area contributed by atoms with Gasteiger partial charge in [-0.05, 0) is 56.4 Å². The molecule has 6 heteroatoms. The Kier molecular flexibility index (Phi) is 4.63. The standard InChI is InChI=1S/C19H25N3O2S/c1-2-9-21(10-13-7-8-13)16(23)11-22-12-20-18-17(19(22)24)14-5-3-4-6-15(14)25-18/h12-13H,2-11H2,1H3. The summed E-state index contributed by atoms with van der Waals surface area (Å²) in [6, 6.07) is 0. The number of aryl methyl sites for hydroxylation is 2. The van der Waals surface area contributed by atoms with Gasteiger partial charge in [-0.15, -0.1) is 11.3 Å². The Bertz CT molecular complexity index is 850. The number of carbonyl (C=O) groups is 1. The van der Waals surface area contributed by atoms with Crippen LogP contribution in [0, 0.1) is 5.92 Å². The number of hydrogen-bond acceptors (Lipinski definition) is 4. The van der Waals surface area contributed by atoms with Gasteiger partial charge in [-0.25, -0.2) is 4.98 Å². The third-order valence-corrected chi connectivity index (χ3v) is 6.47. The van der Waals surface area contributed by atoms with E-state index in [2.05, 4.69) is 11.9 Å². The quantitative estimate of drug-likeness (QED) is 0.797. The van der Waals surface area contributed by atoms with Crippen LogP contribution in [0.1, 0.15) is 49.5 Å². The van der Waals surface area contributed by atoms with E-state index in [1.807, 2.05) is 4.90 Å². The molecule has 0 saturated heterocycles. The van der Waals surface area contributed by atoms with Crippen molar-refractivity contribution in [2.24, 2.45) is 5.92 Å². The van der Waals surface area contributed by atoms with Crippen molar-refractivity contribution in [1.82, 2.24) is 14.5 Å². The second-order valence-electron chi connectivity index (χ2n) is 7.35. The van der Waals surface area contributed by atoms with Crippen LogP contribution in [-0.2, 0) is 24.2 Å². The lowest BCUT2D eigenvalue weighted by atomic mass is 9.97. The molecule has 0 unspecified atom stereocenters. The molecule has 1 amide bonds. The van der Waals surface area contributed by atoms with Crippen molar-refractivity contribution < 1.29 is 4.79 Å². The van der Waals surface area contributed by atoms with Crippen LogP contribution in [0.25, 0.3) is 10.2 Å². The summed E-state index contributed by atoms with van der Waals surface area (Å²) < 4.78 is 1.52. The number of aromatic nitrogens is 2. The number of fused-ring (bicyclic) bond motifs is 3. The van der Waals surface area contributed by atoms with E-state index in [9.17, 15) is 9.59 Å². The minimum absolute atomic E-state index is 0.0411. The zero-order valence-electron chi connectivity index (χ0n) is 14.8. The van der Waals surface area contributed by atoms with E-state index in [-0.39, 0.29) is 18.0 Å². The van der Waals surface area contributed by atoms with Crippen LogP contribution in [0.2, 0.25) is 0 Å². The van der Waals surface area contributed by atoms with E-state index in [1.54, 1.807) is 17.7 Å². The van der Waals surface area contributed by atoms with Crippen molar-refractivity contribution in [1.29, 1.82) is 0 Å². The van der Waals surface area contributed by atoms with E-state index in [1.165, 1.54) is 34.3 Å². The second kappa shape index (κ2) is 6.90. The molecule has 0 aliphatic heterocycles. The van der Waals surface area contributed by atoms with Gasteiger partial charge in [0, 0.05) is 18.0 Å². The van der Waals surface area contributed by atoms with Crippen LogP contribution < -0.4 is 5.56 Å². The van der Waals surface area contributed by atoms with Crippen LogP contribution in [0.4, 0.5) is 0 Å². The molecule has 0 atom stereocenters. The molecule has 2 aromatic rings. The highest BCUT2D eigenvalue weighted by atomic mass is 32.1. The summed E-state index contributed by atoms with van der Waals surface area (Å²) >= 11 is 1.65. The number of nitrogens with zero attached hydrogens (tertiary/aromatic N) is 3. The lowest BCUT2D eigenvalue weighted by Crippen LogP contribution is -2.38. The van der Waals surface area contributed by atoms with Gasteiger partial charge >= 0.3 is 0 Å². The zero-order chi connectivity index (χ0) is 17.4. The van der Waals surface area contributed by atoms with Crippen molar-refractivity contribution in [3.8, 4) is 0 Å². The first-order chi connectivity index (χ1) is 12.2. The van der Waals surface area contributed by atoms with Crippen molar-refractivity contribution in [2.75, 3.05) is 13.1 Å². The van der Waals surface area contributed by atoms with Gasteiger partial charge in [-0.3, -0.25) is 14.2 Å². The Morgan fingerprint density at radius 2 is 2.16 bits per heavy atom. The normalized spacial score (nSPS) is 16.8. The third-order valence-electron chi connectivity index (χ3n) is 5.27. The predicted molar refractivity (Wildman–Crippen MR) is 100 cm³/mol. The second-order valence-corrected chi connectivity index (χ2v) is 8.44. The first-order valence-corrected chi connectivity index (χ1v) is 10.3. The van der Waals surface area contributed by atoms with Gasteiger partial charge in [0.1, 0.15) is 11.4 Å². The molecule has 25 heavy (non-hydrogen) atoms. The van der Waals surface area contributed by atoms with Crippen LogP contribution in [-0.4, -0.2) is 33.4 Å². The minimum atomic E-state index is -0.0411. The fraction of sp³-hybridized carbons (Fsp3) is 0.632. The van der Waals surface area contributed by atoms with Gasteiger partial charge in [0.15, 0.2) is 0 Å². The van der Waals surface area contributed by atoms with Crippen LogP contribution in [0.3, 0.4) is 0 Å². The topological polar surface area (TPSA) is 55.2 Å². The highest BCUT2D eigenvalue weighted by Gasteiger charge is 2.27. The Morgan fingerprint density at radius 1 is 1.36 bits per heavy atom. The van der Waals surface area contributed by atoms with Crippen molar-refractivity contribution in [3.63, 3.8) is 0 Å². The van der Waals surface area contributed by atoms with Crippen molar-refractivity contribution in [3.05, 3.63) is 27.1 Å². The zero-order valence-corrected chi connectivity index (χ0v) is 15.6. The summed E-state index contributed by atoms with van der Waals surface area (Å²) in [6.45, 7) is 3.81. The molecule has 2 aliphatic rings. The monoisotopic (exact) mass is 359 g/mol. The summed E-state index contributed by atoms with van der Waals surface area (Å²) in [4.78, 5) is 34.3. The number of thiophene rings is 1. The molecular formula is C19H25N3O2S. The molecule has 134 valence electrons. The third kappa shape index (κ3) is 3.36. The molecule has 4 rings (SSSR count). The molecule has 2 aliphatic carbocycles. The van der Waals surface area contributed by atoms with Crippen LogP contribution in [0.15, 0.2) is 11.1 Å². The highest BCUT2D eigenvalue weighted by molar-refractivity contribution is 7.18. The van der Waals surface area contributed by atoms with E-state index in [4.69, 9.17) is 0 Å². The molecular weight excluding hydrogens is 334 g/mol. The van der Waals surface area contributed by atoms with E-state index in [0.717, 1.165) is 49.0 Å². The fourth-order valence-corrected chi connectivity index (χ4v) is 4.96. The summed E-state index contributed by atoms with van der Waals surface area (Å²) in [5, 5.41) is 0.763. The lowest BCUT2D eigenvalue weighted by Gasteiger charge is -2.22. The Morgan fingerprint density at radius 3 is 2.92 bits per heavy atom. The Balaban J connectivity index is 1.61. The number of amides is 1. The molecule has 1 fully saturated rings. The molecule has 0 radical (unpaired) electrons. The molecule has 2 aromatic heterocycles. The Labute approximate surface area is 151 Å². The van der Waals surface area contributed by atoms with Gasteiger partial charge in [0.2, 0.25) is 5.91 Å². The summed E-state index contributed by atoms with van der Waals surface area (Å²) in [7, 11) is 0. The summed E-state index contributed by atoms with van der Waals surface area (Å²) in [6.07, 6.45) is 9.31. The number of rotatable bonds is 6. The maximum absolute atomic E-state index is 13.0. The molecule has 1 saturated carbocycles. The number of carbonyl (C=O) groups excluding carboxylic acids is 1. The van der Waals surface area contributed by atoms with Crippen molar-refractivity contribution >= 4 is 27.5 Å². The SMILES string of the molecule is CCCN(CC1CC1)C(=O)Cn1cnc2sc3c(c2c1=O)CCCC3. The molecule has 0 N–H and O–H groups in total. The minimum Gasteiger partial charge on any atom is -0.341 e. The van der Waals surface area contributed by atoms with Gasteiger partial charge in [-0.1, -0.05) is 6.92 Å². The van der Waals surface area contributed by atoms with E-state index < -0.39 is 0 Å². The largest absolute Gasteiger partial charge is 0.341 e. The first-order valence-electron chi connectivity index (χ1n) is 9.44.